The lowest BCUT2D eigenvalue weighted by Gasteiger charge is -2.12. The minimum absolute atomic E-state index is 0.138. The van der Waals surface area contributed by atoms with E-state index in [-0.39, 0.29) is 5.91 Å². The summed E-state index contributed by atoms with van der Waals surface area (Å²) in [5.74, 6) is 3.83. The Labute approximate surface area is 178 Å². The maximum absolute atomic E-state index is 12.8. The molecular weight excluding hydrogens is 394 g/mol. The highest BCUT2D eigenvalue weighted by atomic mass is 32.2. The number of amides is 1. The minimum Gasteiger partial charge on any atom is -0.457 e. The number of rotatable bonds is 5. The molecule has 0 bridgehead atoms. The Bertz CT molecular complexity index is 1170. The van der Waals surface area contributed by atoms with Crippen LogP contribution in [0.5, 0.6) is 11.5 Å². The van der Waals surface area contributed by atoms with Crippen LogP contribution in [0.3, 0.4) is 0 Å². The van der Waals surface area contributed by atoms with Crippen LogP contribution in [-0.2, 0) is 11.5 Å². The van der Waals surface area contributed by atoms with Crippen LogP contribution >= 0.6 is 11.8 Å². The molecule has 5 rings (SSSR count). The van der Waals surface area contributed by atoms with E-state index in [0.717, 1.165) is 45.8 Å². The number of ether oxygens (including phenoxy) is 1. The topological polar surface area (TPSA) is 56.2 Å². The van der Waals surface area contributed by atoms with Crippen molar-refractivity contribution in [2.75, 3.05) is 5.32 Å². The van der Waals surface area contributed by atoms with Gasteiger partial charge in [0, 0.05) is 22.6 Å². The smallest absolute Gasteiger partial charge is 0.256 e. The van der Waals surface area contributed by atoms with Gasteiger partial charge in [0.15, 0.2) is 0 Å². The molecule has 0 atom stereocenters. The molecule has 0 spiro atoms. The molecule has 4 aromatic rings. The molecule has 0 saturated heterocycles. The van der Waals surface area contributed by atoms with Crippen LogP contribution in [0.1, 0.15) is 21.6 Å². The van der Waals surface area contributed by atoms with Crippen molar-refractivity contribution in [1.29, 1.82) is 0 Å². The van der Waals surface area contributed by atoms with Crippen LogP contribution in [0.2, 0.25) is 0 Å². The lowest BCUT2D eigenvalue weighted by molar-refractivity contribution is 0.102. The monoisotopic (exact) mass is 413 g/mol. The number of aromatic nitrogens is 2. The summed E-state index contributed by atoms with van der Waals surface area (Å²) < 4.78 is 7.70. The zero-order valence-electron chi connectivity index (χ0n) is 16.1. The number of carbonyl (C=O) groups is 1. The number of para-hydroxylation sites is 1. The van der Waals surface area contributed by atoms with Gasteiger partial charge in [-0.15, -0.1) is 0 Å². The molecule has 1 aliphatic rings. The Hall–Kier alpha value is -3.51. The van der Waals surface area contributed by atoms with Gasteiger partial charge in [-0.25, -0.2) is 4.68 Å². The third-order valence-corrected chi connectivity index (χ3v) is 5.85. The van der Waals surface area contributed by atoms with Crippen LogP contribution in [0, 0.1) is 0 Å². The molecule has 3 aromatic carbocycles. The van der Waals surface area contributed by atoms with E-state index in [0.29, 0.717) is 5.56 Å². The molecule has 0 fully saturated rings. The largest absolute Gasteiger partial charge is 0.457 e. The molecule has 1 aromatic heterocycles. The number of anilines is 1. The van der Waals surface area contributed by atoms with Crippen molar-refractivity contribution < 1.29 is 9.53 Å². The first-order chi connectivity index (χ1) is 14.8. The number of carbonyl (C=O) groups excluding carboxylic acids is 1. The maximum Gasteiger partial charge on any atom is 0.256 e. The van der Waals surface area contributed by atoms with Crippen molar-refractivity contribution in [3.63, 3.8) is 0 Å². The summed E-state index contributed by atoms with van der Waals surface area (Å²) in [5, 5.41) is 7.84. The van der Waals surface area contributed by atoms with Crippen LogP contribution < -0.4 is 10.1 Å². The van der Waals surface area contributed by atoms with E-state index < -0.39 is 0 Å². The van der Waals surface area contributed by atoms with E-state index in [2.05, 4.69) is 5.32 Å². The van der Waals surface area contributed by atoms with Gasteiger partial charge in [-0.05, 0) is 48.5 Å². The van der Waals surface area contributed by atoms with Gasteiger partial charge < -0.3 is 10.1 Å². The quantitative estimate of drug-likeness (QED) is 0.458. The van der Waals surface area contributed by atoms with Gasteiger partial charge in [0.05, 0.1) is 11.4 Å². The van der Waals surface area contributed by atoms with Crippen molar-refractivity contribution in [2.45, 2.75) is 11.5 Å². The summed E-state index contributed by atoms with van der Waals surface area (Å²) in [6.07, 6.45) is 0. The first-order valence-electron chi connectivity index (χ1n) is 9.66. The summed E-state index contributed by atoms with van der Waals surface area (Å²) in [5.41, 5.74) is 3.61. The molecule has 1 aliphatic heterocycles. The third-order valence-electron chi connectivity index (χ3n) is 4.88. The molecule has 30 heavy (non-hydrogen) atoms. The fourth-order valence-corrected chi connectivity index (χ4v) is 4.41. The normalized spacial score (nSPS) is 12.4. The van der Waals surface area contributed by atoms with Crippen molar-refractivity contribution in [3.05, 3.63) is 102 Å². The average molecular weight is 414 g/mol. The molecule has 1 amide bonds. The Morgan fingerprint density at radius 1 is 0.867 bits per heavy atom. The number of thioether (sulfide) groups is 1. The van der Waals surface area contributed by atoms with Crippen LogP contribution in [0.4, 0.5) is 5.82 Å². The SMILES string of the molecule is O=C(Nc1c2c(nn1-c1ccc(Oc3ccccc3)cc1)CSC2)c1ccccc1. The second kappa shape index (κ2) is 8.08. The maximum atomic E-state index is 12.8. The molecule has 0 aliphatic carbocycles. The highest BCUT2D eigenvalue weighted by Crippen LogP contribution is 2.36. The molecular formula is C24H19N3O2S. The zero-order chi connectivity index (χ0) is 20.3. The standard InChI is InChI=1S/C24H19N3O2S/c28-24(17-7-3-1-4-8-17)25-23-21-15-30-16-22(21)26-27(23)18-11-13-20(14-12-18)29-19-9-5-2-6-10-19/h1-14H,15-16H2,(H,25,28). The van der Waals surface area contributed by atoms with Crippen molar-refractivity contribution in [3.8, 4) is 17.2 Å². The lowest BCUT2D eigenvalue weighted by Crippen LogP contribution is -2.16. The molecule has 1 N–H and O–H groups in total. The van der Waals surface area contributed by atoms with Gasteiger partial charge in [0.2, 0.25) is 0 Å². The molecule has 148 valence electrons. The Kier molecular flexibility index (Phi) is 4.99. The van der Waals surface area contributed by atoms with E-state index in [4.69, 9.17) is 9.84 Å². The molecule has 6 heteroatoms. The van der Waals surface area contributed by atoms with Crippen LogP contribution in [0.15, 0.2) is 84.9 Å². The van der Waals surface area contributed by atoms with Gasteiger partial charge in [-0.2, -0.15) is 16.9 Å². The highest BCUT2D eigenvalue weighted by molar-refractivity contribution is 7.98. The Balaban J connectivity index is 1.44. The third kappa shape index (κ3) is 3.69. The Morgan fingerprint density at radius 3 is 2.27 bits per heavy atom. The van der Waals surface area contributed by atoms with Crippen molar-refractivity contribution >= 4 is 23.5 Å². The summed E-state index contributed by atoms with van der Waals surface area (Å²) >= 11 is 1.81. The number of hydrogen-bond donors (Lipinski definition) is 1. The molecule has 0 radical (unpaired) electrons. The first-order valence-corrected chi connectivity index (χ1v) is 10.8. The highest BCUT2D eigenvalue weighted by Gasteiger charge is 2.25. The number of hydrogen-bond acceptors (Lipinski definition) is 4. The predicted octanol–water partition coefficient (Wildman–Crippen LogP) is 5.66. The summed E-state index contributed by atoms with van der Waals surface area (Å²) in [6.45, 7) is 0. The molecule has 0 unspecified atom stereocenters. The van der Waals surface area contributed by atoms with Gasteiger partial charge in [-0.1, -0.05) is 36.4 Å². The summed E-state index contributed by atoms with van der Waals surface area (Å²) in [6, 6.07) is 26.6. The van der Waals surface area contributed by atoms with E-state index >= 15 is 0 Å². The fourth-order valence-electron chi connectivity index (χ4n) is 3.38. The van der Waals surface area contributed by atoms with Gasteiger partial charge in [0.25, 0.3) is 5.91 Å². The van der Waals surface area contributed by atoms with Crippen LogP contribution in [-0.4, -0.2) is 15.7 Å². The average Bonchev–Trinajstić information content (AvgIpc) is 3.38. The summed E-state index contributed by atoms with van der Waals surface area (Å²) in [7, 11) is 0. The fraction of sp³-hybridized carbons (Fsp3) is 0.0833. The second-order valence-electron chi connectivity index (χ2n) is 6.91. The Morgan fingerprint density at radius 2 is 1.53 bits per heavy atom. The number of fused-ring (bicyclic) bond motifs is 1. The van der Waals surface area contributed by atoms with E-state index in [1.807, 2.05) is 89.2 Å². The first kappa shape index (κ1) is 18.5. The number of nitrogens with one attached hydrogen (secondary N) is 1. The van der Waals surface area contributed by atoms with Gasteiger partial charge in [-0.3, -0.25) is 4.79 Å². The number of nitrogens with zero attached hydrogens (tertiary/aromatic N) is 2. The molecule has 2 heterocycles. The van der Waals surface area contributed by atoms with Crippen molar-refractivity contribution in [2.24, 2.45) is 0 Å². The van der Waals surface area contributed by atoms with E-state index in [1.165, 1.54) is 0 Å². The minimum atomic E-state index is -0.138. The van der Waals surface area contributed by atoms with E-state index in [9.17, 15) is 4.79 Å². The second-order valence-corrected chi connectivity index (χ2v) is 7.89. The predicted molar refractivity (Wildman–Crippen MR) is 119 cm³/mol. The van der Waals surface area contributed by atoms with Gasteiger partial charge >= 0.3 is 0 Å². The van der Waals surface area contributed by atoms with Gasteiger partial charge in [0.1, 0.15) is 17.3 Å². The lowest BCUT2D eigenvalue weighted by atomic mass is 10.2. The van der Waals surface area contributed by atoms with Crippen LogP contribution in [0.25, 0.3) is 5.69 Å². The number of benzene rings is 3. The molecule has 5 nitrogen and oxygen atoms in total. The van der Waals surface area contributed by atoms with E-state index in [1.54, 1.807) is 12.1 Å². The van der Waals surface area contributed by atoms with Crippen molar-refractivity contribution in [1.82, 2.24) is 9.78 Å². The molecule has 0 saturated carbocycles. The zero-order valence-corrected chi connectivity index (χ0v) is 16.9. The summed E-state index contributed by atoms with van der Waals surface area (Å²) in [4.78, 5) is 12.8.